The summed E-state index contributed by atoms with van der Waals surface area (Å²) in [6.07, 6.45) is 30.1. The molecule has 203 valence electrons. The van der Waals surface area contributed by atoms with Crippen LogP contribution in [0, 0.1) is 23.7 Å². The number of rotatable bonds is 10. The Morgan fingerprint density at radius 1 is 0.487 bits per heavy atom. The third kappa shape index (κ3) is 6.62. The van der Waals surface area contributed by atoms with Crippen LogP contribution < -0.4 is 4.86 Å². The lowest BCUT2D eigenvalue weighted by atomic mass is 9.97. The van der Waals surface area contributed by atoms with Crippen molar-refractivity contribution >= 4 is 84.5 Å². The van der Waals surface area contributed by atoms with Gasteiger partial charge in [0.2, 0.25) is 0 Å². The molecule has 0 saturated heterocycles. The Balaban J connectivity index is 1.85. The Morgan fingerprint density at radius 3 is 0.923 bits per heavy atom. The first kappa shape index (κ1) is 31.0. The van der Waals surface area contributed by atoms with Gasteiger partial charge in [-0.3, -0.25) is 0 Å². The maximum Gasteiger partial charge on any atom is 0.0520 e. The van der Waals surface area contributed by atoms with Gasteiger partial charge in [0.1, 0.15) is 0 Å². The van der Waals surface area contributed by atoms with E-state index in [9.17, 15) is 0 Å². The molecular weight excluding hydrogens is 589 g/mol. The Bertz CT molecular complexity index is 1100. The molecule has 0 heterocycles. The molecule has 4 unspecified atom stereocenters. The number of thiocarbonyl (C=S) groups is 4. The average molecular weight is 625 g/mol. The van der Waals surface area contributed by atoms with Gasteiger partial charge >= 0.3 is 0 Å². The lowest BCUT2D eigenvalue weighted by Crippen LogP contribution is -2.23. The minimum atomic E-state index is -1.16. The van der Waals surface area contributed by atoms with Crippen molar-refractivity contribution in [3.63, 3.8) is 0 Å². The monoisotopic (exact) mass is 624 g/mol. The van der Waals surface area contributed by atoms with Crippen molar-refractivity contribution in [3.05, 3.63) is 94.2 Å². The van der Waals surface area contributed by atoms with E-state index >= 15 is 0 Å². The second kappa shape index (κ2) is 14.3. The number of hydrogen-bond donors (Lipinski definition) is 0. The van der Waals surface area contributed by atoms with Crippen LogP contribution in [0.3, 0.4) is 0 Å². The summed E-state index contributed by atoms with van der Waals surface area (Å²) in [4.78, 5) is 9.80. The molecular formula is C32H36NP2S4. The van der Waals surface area contributed by atoms with E-state index in [1.807, 2.05) is 0 Å². The van der Waals surface area contributed by atoms with Crippen molar-refractivity contribution in [2.24, 2.45) is 23.7 Å². The summed E-state index contributed by atoms with van der Waals surface area (Å²) in [7, 11) is -2.33. The fourth-order valence-corrected chi connectivity index (χ4v) is 12.6. The van der Waals surface area contributed by atoms with Crippen LogP contribution in [-0.4, -0.2) is 19.5 Å². The van der Waals surface area contributed by atoms with E-state index in [4.69, 9.17) is 53.7 Å². The Morgan fingerprint density at radius 2 is 0.718 bits per heavy atom. The van der Waals surface area contributed by atoms with Gasteiger partial charge in [-0.05, 0) is 25.7 Å². The second-order valence-corrected chi connectivity index (χ2v) is 15.6. The molecule has 4 rings (SSSR count). The first-order valence-electron chi connectivity index (χ1n) is 13.9. The molecule has 1 nitrogen and oxygen atoms in total. The van der Waals surface area contributed by atoms with Gasteiger partial charge in [0.05, 0.1) is 16.1 Å². The van der Waals surface area contributed by atoms with E-state index in [0.717, 1.165) is 66.4 Å². The van der Waals surface area contributed by atoms with Crippen LogP contribution in [0.15, 0.2) is 94.2 Å². The van der Waals surface area contributed by atoms with Crippen LogP contribution in [0.2, 0.25) is 0 Å². The summed E-state index contributed by atoms with van der Waals surface area (Å²) in [5.41, 5.74) is 0. The fourth-order valence-electron chi connectivity index (χ4n) is 5.09. The minimum absolute atomic E-state index is 0.242. The van der Waals surface area contributed by atoms with Gasteiger partial charge in [-0.1, -0.05) is 149 Å². The maximum atomic E-state index is 6.13. The van der Waals surface area contributed by atoms with E-state index in [2.05, 4.69) is 101 Å². The van der Waals surface area contributed by atoms with Crippen molar-refractivity contribution < 1.29 is 0 Å². The van der Waals surface area contributed by atoms with Crippen LogP contribution in [0.25, 0.3) is 0 Å². The fraction of sp³-hybridized carbons (Fsp3) is 0.375. The van der Waals surface area contributed by atoms with Crippen LogP contribution >= 0.6 is 65.0 Å². The molecule has 4 atom stereocenters. The quantitative estimate of drug-likeness (QED) is 0.177. The molecule has 0 aromatic heterocycles. The summed E-state index contributed by atoms with van der Waals surface area (Å²) in [6.45, 7) is 8.79. The molecule has 1 radical (unpaired) electrons. The average Bonchev–Trinajstić information content (AvgIpc) is 2.95. The van der Waals surface area contributed by atoms with Crippen LogP contribution in [0.1, 0.15) is 53.4 Å². The van der Waals surface area contributed by atoms with Crippen LogP contribution in [-0.2, 0) is 0 Å². The number of nitrogens with zero attached hydrogens (tertiary/aromatic N) is 1. The molecule has 4 aliphatic carbocycles. The van der Waals surface area contributed by atoms with E-state index in [-0.39, 0.29) is 23.7 Å². The predicted octanol–water partition coefficient (Wildman–Crippen LogP) is 10.8. The molecule has 0 aromatic rings. The highest BCUT2D eigenvalue weighted by molar-refractivity contribution is 7.90. The van der Waals surface area contributed by atoms with Crippen molar-refractivity contribution in [2.75, 3.05) is 0 Å². The first-order valence-corrected chi connectivity index (χ1v) is 18.1. The van der Waals surface area contributed by atoms with Gasteiger partial charge in [-0.2, -0.15) is 4.86 Å². The van der Waals surface area contributed by atoms with E-state index in [0.29, 0.717) is 0 Å². The zero-order valence-corrected chi connectivity index (χ0v) is 28.1. The van der Waals surface area contributed by atoms with Gasteiger partial charge in [-0.15, -0.1) is 0 Å². The Kier molecular flexibility index (Phi) is 11.4. The largest absolute Gasteiger partial charge is 0.172 e. The zero-order chi connectivity index (χ0) is 28.1. The minimum Gasteiger partial charge on any atom is -0.172 e. The molecule has 0 spiro atoms. The summed E-state index contributed by atoms with van der Waals surface area (Å²) in [5.74, 6) is 0.968. The van der Waals surface area contributed by atoms with Crippen molar-refractivity contribution in [1.29, 1.82) is 0 Å². The molecule has 0 aromatic carbocycles. The highest BCUT2D eigenvalue weighted by atomic mass is 32.1. The summed E-state index contributed by atoms with van der Waals surface area (Å²) in [6, 6.07) is 0. The smallest absolute Gasteiger partial charge is 0.0520 e. The third-order valence-corrected chi connectivity index (χ3v) is 15.1. The van der Waals surface area contributed by atoms with E-state index in [1.54, 1.807) is 0 Å². The van der Waals surface area contributed by atoms with Crippen molar-refractivity contribution in [2.45, 2.75) is 53.4 Å². The highest BCUT2D eigenvalue weighted by Gasteiger charge is 2.38. The SMILES string of the molecule is CCC1C=CC=C(P([N]P(C2=CC=CC(CC)C2=S)C2=CC=CC(CC)C2=S)C2=CC=CC(CC)C2=S)C1=S. The molecule has 4 aliphatic rings. The molecule has 0 aliphatic heterocycles. The molecule has 0 bridgehead atoms. The predicted molar refractivity (Wildman–Crippen MR) is 190 cm³/mol. The van der Waals surface area contributed by atoms with Crippen LogP contribution in [0.5, 0.6) is 0 Å². The summed E-state index contributed by atoms with van der Waals surface area (Å²) >= 11 is 24.5. The van der Waals surface area contributed by atoms with Crippen molar-refractivity contribution in [1.82, 2.24) is 4.86 Å². The lowest BCUT2D eigenvalue weighted by molar-refractivity contribution is 0.823. The van der Waals surface area contributed by atoms with Gasteiger partial charge in [0.25, 0.3) is 0 Å². The maximum absolute atomic E-state index is 6.13. The van der Waals surface area contributed by atoms with E-state index in [1.165, 1.54) is 0 Å². The van der Waals surface area contributed by atoms with Gasteiger partial charge in [-0.25, -0.2) is 0 Å². The van der Waals surface area contributed by atoms with Gasteiger partial charge in [0.15, 0.2) is 0 Å². The standard InChI is InChI=1S/C32H36NP2S4/c1-5-21-13-9-17-25(29(21)36)34(26-18-10-14-22(6-2)30(26)37)33-35(27-19-11-15-23(7-3)31(27)38)28-20-12-16-24(8-4)32(28)39/h9-24H,5-8H2,1-4H3. The molecule has 7 heteroatoms. The van der Waals surface area contributed by atoms with Crippen LogP contribution in [0.4, 0.5) is 0 Å². The molecule has 0 saturated carbocycles. The van der Waals surface area contributed by atoms with Gasteiger partial charge < -0.3 is 0 Å². The highest BCUT2D eigenvalue weighted by Crippen LogP contribution is 2.66. The topological polar surface area (TPSA) is 14.1 Å². The molecule has 0 N–H and O–H groups in total. The molecule has 39 heavy (non-hydrogen) atoms. The van der Waals surface area contributed by atoms with Crippen molar-refractivity contribution in [3.8, 4) is 0 Å². The summed E-state index contributed by atoms with van der Waals surface area (Å²) < 4.78 is 0. The second-order valence-electron chi connectivity index (χ2n) is 9.98. The first-order chi connectivity index (χ1) is 18.9. The molecule has 0 fully saturated rings. The third-order valence-electron chi connectivity index (χ3n) is 7.60. The number of allylic oxidation sites excluding steroid dienone is 16. The zero-order valence-electron chi connectivity index (χ0n) is 23.0. The van der Waals surface area contributed by atoms with Gasteiger partial charge in [0, 0.05) is 64.4 Å². The summed E-state index contributed by atoms with van der Waals surface area (Å²) in [5, 5.41) is 4.59. The normalized spacial score (nSPS) is 28.2. The number of hydrogen-bond acceptors (Lipinski definition) is 4. The van der Waals surface area contributed by atoms with E-state index < -0.39 is 16.1 Å². The Labute approximate surface area is 259 Å². The lowest BCUT2D eigenvalue weighted by Gasteiger charge is -2.36. The molecule has 0 amide bonds. The Hall–Kier alpha value is -0.900.